The smallest absolute Gasteiger partial charge is 0.185 e. The second-order valence-corrected chi connectivity index (χ2v) is 7.08. The first-order chi connectivity index (χ1) is 12.1. The third-order valence-corrected chi connectivity index (χ3v) is 5.42. The summed E-state index contributed by atoms with van der Waals surface area (Å²) in [5.41, 5.74) is 7.96. The summed E-state index contributed by atoms with van der Waals surface area (Å²) in [6, 6.07) is 11.9. The molecule has 0 aliphatic heterocycles. The van der Waals surface area contributed by atoms with Crippen LogP contribution < -0.4 is 5.73 Å². The number of nitrogens with two attached hydrogens (primary N) is 1. The first kappa shape index (κ1) is 17.1. The minimum absolute atomic E-state index is 0.00593. The molecule has 7 heteroatoms. The molecule has 5 nitrogen and oxygen atoms in total. The molecule has 3 rings (SSSR count). The highest BCUT2D eigenvalue weighted by Gasteiger charge is 2.16. The van der Waals surface area contributed by atoms with Crippen molar-refractivity contribution in [3.8, 4) is 17.2 Å². The van der Waals surface area contributed by atoms with Crippen LogP contribution in [0.15, 0.2) is 58.3 Å². The van der Waals surface area contributed by atoms with Gasteiger partial charge in [-0.1, -0.05) is 42.1 Å². The zero-order valence-electron chi connectivity index (χ0n) is 13.4. The molecule has 0 atom stereocenters. The van der Waals surface area contributed by atoms with Crippen LogP contribution in [0, 0.1) is 11.3 Å². The quantitative estimate of drug-likeness (QED) is 0.320. The number of thiophene rings is 1. The molecule has 25 heavy (non-hydrogen) atoms. The topological polar surface area (TPSA) is 92.7 Å². The Labute approximate surface area is 153 Å². The fourth-order valence-electron chi connectivity index (χ4n) is 2.36. The fraction of sp³-hybridized carbons (Fsp3) is 0.111. The second kappa shape index (κ2) is 7.47. The number of fused-ring (bicyclic) bond motifs is 1. The Bertz CT molecular complexity index is 999. The summed E-state index contributed by atoms with van der Waals surface area (Å²) in [6.45, 7) is 1.55. The Balaban J connectivity index is 1.95. The lowest BCUT2D eigenvalue weighted by atomic mass is 10.1. The van der Waals surface area contributed by atoms with Crippen molar-refractivity contribution in [1.82, 2.24) is 9.97 Å². The van der Waals surface area contributed by atoms with E-state index in [1.165, 1.54) is 18.1 Å². The van der Waals surface area contributed by atoms with Gasteiger partial charge in [-0.15, -0.1) is 11.3 Å². The van der Waals surface area contributed by atoms with Crippen molar-refractivity contribution in [2.75, 3.05) is 5.75 Å². The van der Waals surface area contributed by atoms with Crippen LogP contribution in [0.4, 0.5) is 0 Å². The van der Waals surface area contributed by atoms with Gasteiger partial charge in [-0.25, -0.2) is 9.97 Å². The number of nitriles is 1. The van der Waals surface area contributed by atoms with E-state index in [0.717, 1.165) is 26.4 Å². The molecular formula is C18H14N4OS2. The molecule has 3 aromatic rings. The van der Waals surface area contributed by atoms with E-state index in [0.29, 0.717) is 0 Å². The molecule has 1 aromatic carbocycles. The SMILES string of the molecule is C/C(N)=C(/C#N)C(=O)CSc1ncnc2scc(-c3ccccc3)c12. The normalized spacial score (nSPS) is 11.8. The van der Waals surface area contributed by atoms with Gasteiger partial charge < -0.3 is 5.73 Å². The molecule has 0 aliphatic carbocycles. The van der Waals surface area contributed by atoms with Crippen LogP contribution in [0.2, 0.25) is 0 Å². The summed E-state index contributed by atoms with van der Waals surface area (Å²) in [6.07, 6.45) is 1.50. The number of Topliss-reactive ketones (excluding diaryl/α,β-unsaturated/α-hetero) is 1. The van der Waals surface area contributed by atoms with Crippen LogP contribution in [-0.2, 0) is 4.79 Å². The molecule has 0 unspecified atom stereocenters. The van der Waals surface area contributed by atoms with E-state index in [1.807, 2.05) is 41.8 Å². The molecular weight excluding hydrogens is 352 g/mol. The van der Waals surface area contributed by atoms with Gasteiger partial charge in [0.15, 0.2) is 5.78 Å². The van der Waals surface area contributed by atoms with Crippen LogP contribution in [0.5, 0.6) is 0 Å². The van der Waals surface area contributed by atoms with Crippen molar-refractivity contribution in [2.24, 2.45) is 5.73 Å². The van der Waals surface area contributed by atoms with Gasteiger partial charge in [0.2, 0.25) is 0 Å². The van der Waals surface area contributed by atoms with E-state index >= 15 is 0 Å². The summed E-state index contributed by atoms with van der Waals surface area (Å²) >= 11 is 2.84. The van der Waals surface area contributed by atoms with Gasteiger partial charge in [-0.05, 0) is 12.5 Å². The van der Waals surface area contributed by atoms with Crippen molar-refractivity contribution in [1.29, 1.82) is 5.26 Å². The number of hydrogen-bond acceptors (Lipinski definition) is 7. The van der Waals surface area contributed by atoms with E-state index < -0.39 is 0 Å². The van der Waals surface area contributed by atoms with Crippen LogP contribution in [0.3, 0.4) is 0 Å². The van der Waals surface area contributed by atoms with Crippen molar-refractivity contribution in [3.05, 3.63) is 53.3 Å². The average molecular weight is 366 g/mol. The molecule has 0 amide bonds. The predicted molar refractivity (Wildman–Crippen MR) is 101 cm³/mol. The second-order valence-electron chi connectivity index (χ2n) is 5.26. The number of carbonyl (C=O) groups is 1. The van der Waals surface area contributed by atoms with Crippen molar-refractivity contribution < 1.29 is 4.79 Å². The minimum atomic E-state index is -0.296. The zero-order chi connectivity index (χ0) is 17.8. The van der Waals surface area contributed by atoms with Crippen molar-refractivity contribution in [2.45, 2.75) is 11.9 Å². The maximum Gasteiger partial charge on any atom is 0.185 e. The number of nitrogens with zero attached hydrogens (tertiary/aromatic N) is 3. The number of benzene rings is 1. The highest BCUT2D eigenvalue weighted by atomic mass is 32.2. The number of aromatic nitrogens is 2. The van der Waals surface area contributed by atoms with Crippen LogP contribution in [-0.4, -0.2) is 21.5 Å². The lowest BCUT2D eigenvalue weighted by Gasteiger charge is -2.05. The third-order valence-electron chi connectivity index (χ3n) is 3.55. The maximum absolute atomic E-state index is 12.2. The Morgan fingerprint density at radius 2 is 2.08 bits per heavy atom. The Kier molecular flexibility index (Phi) is 5.12. The number of carbonyl (C=O) groups excluding carboxylic acids is 1. The van der Waals surface area contributed by atoms with E-state index in [1.54, 1.807) is 18.3 Å². The summed E-state index contributed by atoms with van der Waals surface area (Å²) in [7, 11) is 0. The van der Waals surface area contributed by atoms with E-state index in [9.17, 15) is 4.79 Å². The van der Waals surface area contributed by atoms with Gasteiger partial charge in [-0.2, -0.15) is 5.26 Å². The maximum atomic E-state index is 12.2. The molecule has 0 saturated carbocycles. The Morgan fingerprint density at radius 3 is 2.76 bits per heavy atom. The molecule has 0 aliphatic rings. The molecule has 124 valence electrons. The van der Waals surface area contributed by atoms with Gasteiger partial charge in [0.25, 0.3) is 0 Å². The molecule has 2 heterocycles. The lowest BCUT2D eigenvalue weighted by Crippen LogP contribution is -2.10. The van der Waals surface area contributed by atoms with Crippen LogP contribution in [0.25, 0.3) is 21.3 Å². The summed E-state index contributed by atoms with van der Waals surface area (Å²) in [5.74, 6) is -0.191. The number of allylic oxidation sites excluding steroid dienone is 2. The third kappa shape index (κ3) is 3.55. The molecule has 0 spiro atoms. The summed E-state index contributed by atoms with van der Waals surface area (Å²) in [5, 5.41) is 12.8. The number of hydrogen-bond donors (Lipinski definition) is 1. The number of thioether (sulfide) groups is 1. The molecule has 0 radical (unpaired) electrons. The lowest BCUT2D eigenvalue weighted by molar-refractivity contribution is -0.112. The van der Waals surface area contributed by atoms with Gasteiger partial charge >= 0.3 is 0 Å². The monoisotopic (exact) mass is 366 g/mol. The summed E-state index contributed by atoms with van der Waals surface area (Å²) in [4.78, 5) is 21.7. The zero-order valence-corrected chi connectivity index (χ0v) is 15.0. The van der Waals surface area contributed by atoms with E-state index in [-0.39, 0.29) is 22.8 Å². The highest BCUT2D eigenvalue weighted by molar-refractivity contribution is 8.00. The first-order valence-electron chi connectivity index (χ1n) is 7.42. The Morgan fingerprint density at radius 1 is 1.32 bits per heavy atom. The van der Waals surface area contributed by atoms with Crippen molar-refractivity contribution >= 4 is 39.1 Å². The largest absolute Gasteiger partial charge is 0.401 e. The van der Waals surface area contributed by atoms with Crippen LogP contribution in [0.1, 0.15) is 6.92 Å². The molecule has 0 fully saturated rings. The highest BCUT2D eigenvalue weighted by Crippen LogP contribution is 2.37. The molecule has 2 aromatic heterocycles. The minimum Gasteiger partial charge on any atom is -0.401 e. The number of ketones is 1. The van der Waals surface area contributed by atoms with Gasteiger partial charge in [0.1, 0.15) is 27.8 Å². The predicted octanol–water partition coefficient (Wildman–Crippen LogP) is 3.78. The van der Waals surface area contributed by atoms with Gasteiger partial charge in [0.05, 0.1) is 11.1 Å². The average Bonchev–Trinajstić information content (AvgIpc) is 3.05. The van der Waals surface area contributed by atoms with E-state index in [2.05, 4.69) is 9.97 Å². The first-order valence-corrected chi connectivity index (χ1v) is 9.28. The number of rotatable bonds is 5. The van der Waals surface area contributed by atoms with Gasteiger partial charge in [-0.3, -0.25) is 4.79 Å². The Hall–Kier alpha value is -2.69. The standard InChI is InChI=1S/C18H14N4OS2/c1-11(20)13(7-19)15(23)9-25-18-16-14(12-5-3-2-4-6-12)8-24-17(16)21-10-22-18/h2-6,8,10H,9,20H2,1H3/b13-11+. The summed E-state index contributed by atoms with van der Waals surface area (Å²) < 4.78 is 0. The molecule has 0 bridgehead atoms. The van der Waals surface area contributed by atoms with E-state index in [4.69, 9.17) is 11.0 Å². The van der Waals surface area contributed by atoms with Crippen molar-refractivity contribution in [3.63, 3.8) is 0 Å². The fourth-order valence-corrected chi connectivity index (χ4v) is 4.23. The molecule has 0 saturated heterocycles. The van der Waals surface area contributed by atoms with Gasteiger partial charge in [0, 0.05) is 16.6 Å². The van der Waals surface area contributed by atoms with Crippen LogP contribution >= 0.6 is 23.1 Å². The molecule has 2 N–H and O–H groups in total.